The van der Waals surface area contributed by atoms with Gasteiger partial charge < -0.3 is 10.6 Å². The minimum absolute atomic E-state index is 0.0613. The molecular weight excluding hydrogens is 368 g/mol. The predicted octanol–water partition coefficient (Wildman–Crippen LogP) is 3.30. The molecule has 27 heavy (non-hydrogen) atoms. The van der Waals surface area contributed by atoms with E-state index < -0.39 is 10.8 Å². The molecule has 0 atom stereocenters. The van der Waals surface area contributed by atoms with Crippen LogP contribution in [0.2, 0.25) is 0 Å². The van der Waals surface area contributed by atoms with E-state index in [-0.39, 0.29) is 17.2 Å². The van der Waals surface area contributed by atoms with Crippen molar-refractivity contribution in [1.29, 1.82) is 0 Å². The number of carbonyl (C=O) groups is 2. The van der Waals surface area contributed by atoms with Gasteiger partial charge in [-0.15, -0.1) is 11.3 Å². The van der Waals surface area contributed by atoms with Crippen LogP contribution >= 0.6 is 11.3 Å². The third kappa shape index (κ3) is 4.37. The molecule has 0 saturated heterocycles. The summed E-state index contributed by atoms with van der Waals surface area (Å²) in [4.78, 5) is 41.3. The molecular formula is C18H20N4O4S. The number of hydrogen-bond donors (Lipinski definition) is 1. The summed E-state index contributed by atoms with van der Waals surface area (Å²) in [5.74, 6) is -0.852. The van der Waals surface area contributed by atoms with Gasteiger partial charge in [-0.3, -0.25) is 19.7 Å². The Kier molecular flexibility index (Phi) is 6.40. The van der Waals surface area contributed by atoms with Gasteiger partial charge in [-0.2, -0.15) is 0 Å². The van der Waals surface area contributed by atoms with E-state index in [2.05, 4.69) is 4.99 Å². The predicted molar refractivity (Wildman–Crippen MR) is 105 cm³/mol. The third-order valence-corrected chi connectivity index (χ3v) is 5.22. The molecule has 0 unspecified atom stereocenters. The zero-order valence-electron chi connectivity index (χ0n) is 15.3. The molecule has 1 aromatic carbocycles. The van der Waals surface area contributed by atoms with Crippen molar-refractivity contribution >= 4 is 40.1 Å². The van der Waals surface area contributed by atoms with Crippen molar-refractivity contribution in [2.75, 3.05) is 13.1 Å². The summed E-state index contributed by atoms with van der Waals surface area (Å²) in [7, 11) is 0. The van der Waals surface area contributed by atoms with E-state index in [1.54, 1.807) is 24.0 Å². The van der Waals surface area contributed by atoms with Crippen LogP contribution in [-0.4, -0.2) is 40.9 Å². The number of benzene rings is 1. The summed E-state index contributed by atoms with van der Waals surface area (Å²) in [6.45, 7) is 6.51. The van der Waals surface area contributed by atoms with Crippen molar-refractivity contribution in [3.8, 4) is 0 Å². The fourth-order valence-electron chi connectivity index (χ4n) is 2.59. The minimum atomic E-state index is -0.673. The maximum atomic E-state index is 12.7. The van der Waals surface area contributed by atoms with Crippen LogP contribution in [0.25, 0.3) is 0 Å². The highest BCUT2D eigenvalue weighted by atomic mass is 32.1. The molecule has 0 aliphatic rings. The van der Waals surface area contributed by atoms with Gasteiger partial charge in [-0.25, -0.2) is 4.99 Å². The highest BCUT2D eigenvalue weighted by Gasteiger charge is 2.25. The number of hydrogen-bond acceptors (Lipinski definition) is 6. The van der Waals surface area contributed by atoms with Crippen LogP contribution < -0.4 is 5.73 Å². The number of primary amides is 1. The van der Waals surface area contributed by atoms with Crippen LogP contribution in [0.5, 0.6) is 0 Å². The van der Waals surface area contributed by atoms with E-state index in [4.69, 9.17) is 5.73 Å². The second-order valence-corrected chi connectivity index (χ2v) is 6.69. The van der Waals surface area contributed by atoms with Crippen LogP contribution in [0.4, 0.5) is 10.7 Å². The summed E-state index contributed by atoms with van der Waals surface area (Å²) >= 11 is 1.09. The zero-order chi connectivity index (χ0) is 20.1. The molecule has 0 spiro atoms. The quantitative estimate of drug-likeness (QED) is 0.444. The van der Waals surface area contributed by atoms with Gasteiger partial charge >= 0.3 is 0 Å². The second-order valence-electron chi connectivity index (χ2n) is 5.69. The summed E-state index contributed by atoms with van der Waals surface area (Å²) in [6.07, 6.45) is 1.41. The fourth-order valence-corrected chi connectivity index (χ4v) is 3.72. The van der Waals surface area contributed by atoms with Crippen molar-refractivity contribution in [3.63, 3.8) is 0 Å². The number of nitro groups is 1. The van der Waals surface area contributed by atoms with Gasteiger partial charge in [0.05, 0.1) is 15.4 Å². The lowest BCUT2D eigenvalue weighted by Crippen LogP contribution is -2.30. The first-order chi connectivity index (χ1) is 12.8. The Morgan fingerprint density at radius 2 is 2.00 bits per heavy atom. The Labute approximate surface area is 160 Å². The maximum absolute atomic E-state index is 12.7. The number of nitro benzene ring substituents is 1. The van der Waals surface area contributed by atoms with E-state index in [1.807, 2.05) is 13.8 Å². The lowest BCUT2D eigenvalue weighted by molar-refractivity contribution is -0.384. The first kappa shape index (κ1) is 20.2. The summed E-state index contributed by atoms with van der Waals surface area (Å²) < 4.78 is 0. The number of amides is 2. The molecule has 2 aromatic rings. The summed E-state index contributed by atoms with van der Waals surface area (Å²) in [5, 5.41) is 11.2. The molecule has 0 aliphatic carbocycles. The molecule has 142 valence electrons. The van der Waals surface area contributed by atoms with Gasteiger partial charge in [-0.1, -0.05) is 12.1 Å². The lowest BCUT2D eigenvalue weighted by Gasteiger charge is -2.17. The van der Waals surface area contributed by atoms with Crippen molar-refractivity contribution in [3.05, 3.63) is 55.9 Å². The van der Waals surface area contributed by atoms with Gasteiger partial charge in [0, 0.05) is 31.4 Å². The van der Waals surface area contributed by atoms with E-state index >= 15 is 0 Å². The van der Waals surface area contributed by atoms with Crippen molar-refractivity contribution < 1.29 is 14.5 Å². The Balaban J connectivity index is 2.46. The Hall–Kier alpha value is -3.07. The van der Waals surface area contributed by atoms with Crippen LogP contribution in [0.15, 0.2) is 29.3 Å². The normalized spacial score (nSPS) is 10.9. The molecule has 0 fully saturated rings. The molecule has 2 rings (SSSR count). The van der Waals surface area contributed by atoms with Crippen molar-refractivity contribution in [2.24, 2.45) is 10.7 Å². The molecule has 2 N–H and O–H groups in total. The number of nitrogens with two attached hydrogens (primary N) is 1. The van der Waals surface area contributed by atoms with Crippen LogP contribution in [0.3, 0.4) is 0 Å². The van der Waals surface area contributed by atoms with Gasteiger partial charge in [-0.05, 0) is 31.9 Å². The van der Waals surface area contributed by atoms with Crippen LogP contribution in [-0.2, 0) is 0 Å². The number of aliphatic imine (C=N–C) groups is 1. The van der Waals surface area contributed by atoms with Crippen molar-refractivity contribution in [1.82, 2.24) is 4.90 Å². The largest absolute Gasteiger partial charge is 0.365 e. The standard InChI is InChI=1S/C18H20N4O4S/c1-4-21(5-2)18(24)15-11(3)14(16(19)23)17(27-15)20-10-12-7-6-8-13(9-12)22(25)26/h6-10H,4-5H2,1-3H3,(H2,19,23). The monoisotopic (exact) mass is 388 g/mol. The molecule has 0 saturated carbocycles. The van der Waals surface area contributed by atoms with E-state index in [0.717, 1.165) is 11.3 Å². The number of carbonyl (C=O) groups excluding carboxylic acids is 2. The summed E-state index contributed by atoms with van der Waals surface area (Å²) in [6, 6.07) is 5.95. The van der Waals surface area contributed by atoms with E-state index in [1.165, 1.54) is 18.3 Å². The number of nitrogens with zero attached hydrogens (tertiary/aromatic N) is 3. The zero-order valence-corrected chi connectivity index (χ0v) is 16.1. The average molecular weight is 388 g/mol. The smallest absolute Gasteiger partial charge is 0.270 e. The molecule has 8 nitrogen and oxygen atoms in total. The first-order valence-electron chi connectivity index (χ1n) is 8.31. The fraction of sp³-hybridized carbons (Fsp3) is 0.278. The molecule has 1 heterocycles. The van der Waals surface area contributed by atoms with Gasteiger partial charge in [0.25, 0.3) is 17.5 Å². The van der Waals surface area contributed by atoms with Crippen LogP contribution in [0, 0.1) is 17.0 Å². The molecule has 0 aliphatic heterocycles. The molecule has 1 aromatic heterocycles. The highest BCUT2D eigenvalue weighted by molar-refractivity contribution is 7.18. The van der Waals surface area contributed by atoms with Crippen LogP contribution in [0.1, 0.15) is 45.0 Å². The van der Waals surface area contributed by atoms with Gasteiger partial charge in [0.15, 0.2) is 0 Å². The number of thiophene rings is 1. The molecule has 9 heteroatoms. The number of non-ortho nitro benzene ring substituents is 1. The Morgan fingerprint density at radius 1 is 1.33 bits per heavy atom. The molecule has 0 bridgehead atoms. The third-order valence-electron chi connectivity index (χ3n) is 4.03. The first-order valence-corrected chi connectivity index (χ1v) is 9.12. The lowest BCUT2D eigenvalue weighted by atomic mass is 10.1. The summed E-state index contributed by atoms with van der Waals surface area (Å²) in [5.41, 5.74) is 6.61. The SMILES string of the molecule is CCN(CC)C(=O)c1sc(N=Cc2cccc([N+](=O)[O-])c2)c(C(N)=O)c1C. The van der Waals surface area contributed by atoms with Crippen molar-refractivity contribution in [2.45, 2.75) is 20.8 Å². The molecule has 0 radical (unpaired) electrons. The maximum Gasteiger partial charge on any atom is 0.270 e. The van der Waals surface area contributed by atoms with Gasteiger partial charge in [0.1, 0.15) is 5.00 Å². The average Bonchev–Trinajstić information content (AvgIpc) is 2.97. The highest BCUT2D eigenvalue weighted by Crippen LogP contribution is 2.36. The second kappa shape index (κ2) is 8.54. The Bertz CT molecular complexity index is 916. The minimum Gasteiger partial charge on any atom is -0.365 e. The Morgan fingerprint density at radius 3 is 2.56 bits per heavy atom. The number of rotatable bonds is 7. The van der Waals surface area contributed by atoms with Gasteiger partial charge in [0.2, 0.25) is 0 Å². The topological polar surface area (TPSA) is 119 Å². The van der Waals surface area contributed by atoms with E-state index in [0.29, 0.717) is 34.1 Å². The van der Waals surface area contributed by atoms with E-state index in [9.17, 15) is 19.7 Å². The molecule has 2 amide bonds.